The van der Waals surface area contributed by atoms with Gasteiger partial charge in [0.2, 0.25) is 0 Å². The van der Waals surface area contributed by atoms with Gasteiger partial charge in [0.25, 0.3) is 0 Å². The van der Waals surface area contributed by atoms with Crippen LogP contribution in [0.3, 0.4) is 0 Å². The van der Waals surface area contributed by atoms with Crippen LogP contribution < -0.4 is 10.4 Å². The Morgan fingerprint density at radius 2 is 2.25 bits per heavy atom. The summed E-state index contributed by atoms with van der Waals surface area (Å²) in [6, 6.07) is 3.06. The van der Waals surface area contributed by atoms with Gasteiger partial charge in [0.05, 0.1) is 12.7 Å². The van der Waals surface area contributed by atoms with Crippen molar-refractivity contribution in [1.82, 2.24) is 0 Å². The Kier molecular flexibility index (Phi) is 2.91. The van der Waals surface area contributed by atoms with Gasteiger partial charge in [-0.15, -0.1) is 0 Å². The molecule has 0 unspecified atom stereocenters. The van der Waals surface area contributed by atoms with Gasteiger partial charge in [-0.3, -0.25) is 0 Å². The van der Waals surface area contributed by atoms with E-state index in [9.17, 15) is 4.79 Å². The molecule has 3 heteroatoms. The van der Waals surface area contributed by atoms with Crippen LogP contribution in [0.4, 0.5) is 0 Å². The minimum atomic E-state index is -0.360. The number of aryl methyl sites for hydroxylation is 1. The Morgan fingerprint density at radius 1 is 1.50 bits per heavy atom. The Labute approximate surface area is 71.0 Å². The van der Waals surface area contributed by atoms with Gasteiger partial charge in [-0.2, -0.15) is 0 Å². The van der Waals surface area contributed by atoms with Crippen molar-refractivity contribution in [1.29, 1.82) is 0 Å². The Hall–Kier alpha value is -1.25. The highest BCUT2D eigenvalue weighted by Gasteiger charge is 1.97. The van der Waals surface area contributed by atoms with Crippen LogP contribution in [-0.2, 0) is 0 Å². The number of hydrogen-bond acceptors (Lipinski definition) is 3. The maximum Gasteiger partial charge on any atom is 0.339 e. The second kappa shape index (κ2) is 3.95. The van der Waals surface area contributed by atoms with E-state index in [0.29, 0.717) is 18.1 Å². The first-order valence-corrected chi connectivity index (χ1v) is 3.97. The van der Waals surface area contributed by atoms with Crippen LogP contribution in [-0.4, -0.2) is 6.61 Å². The van der Waals surface area contributed by atoms with E-state index < -0.39 is 0 Å². The Bertz CT molecular complexity index is 301. The number of rotatable bonds is 3. The summed E-state index contributed by atoms with van der Waals surface area (Å²) in [6.45, 7) is 4.36. The highest BCUT2D eigenvalue weighted by molar-refractivity contribution is 5.19. The molecule has 3 nitrogen and oxygen atoms in total. The second-order valence-corrected chi connectivity index (χ2v) is 2.57. The molecule has 0 aliphatic rings. The lowest BCUT2D eigenvalue weighted by Gasteiger charge is -2.02. The summed E-state index contributed by atoms with van der Waals surface area (Å²) < 4.78 is 10.0. The summed E-state index contributed by atoms with van der Waals surface area (Å²) in [6.07, 6.45) is 0.930. The van der Waals surface area contributed by atoms with E-state index in [1.165, 1.54) is 6.07 Å². The molecular weight excluding hydrogens is 156 g/mol. The molecule has 0 saturated carbocycles. The molecule has 0 bridgehead atoms. The molecule has 1 rings (SSSR count). The van der Waals surface area contributed by atoms with E-state index in [1.807, 2.05) is 6.92 Å². The van der Waals surface area contributed by atoms with E-state index in [4.69, 9.17) is 9.15 Å². The predicted molar refractivity (Wildman–Crippen MR) is 45.5 cm³/mol. The molecule has 0 aromatic carbocycles. The summed E-state index contributed by atoms with van der Waals surface area (Å²) in [5, 5.41) is 0. The normalized spacial score (nSPS) is 9.83. The topological polar surface area (TPSA) is 39.4 Å². The molecule has 0 saturated heterocycles. The predicted octanol–water partition coefficient (Wildman–Crippen LogP) is 1.74. The third-order valence-corrected chi connectivity index (χ3v) is 1.34. The average molecular weight is 168 g/mol. The van der Waals surface area contributed by atoms with E-state index in [-0.39, 0.29) is 5.63 Å². The molecule has 1 heterocycles. The van der Waals surface area contributed by atoms with Gasteiger partial charge in [-0.05, 0) is 13.3 Å². The molecule has 0 aliphatic heterocycles. The van der Waals surface area contributed by atoms with Crippen LogP contribution in [0.5, 0.6) is 5.75 Å². The highest BCUT2D eigenvalue weighted by atomic mass is 16.5. The van der Waals surface area contributed by atoms with Crippen molar-refractivity contribution in [3.8, 4) is 5.75 Å². The van der Waals surface area contributed by atoms with Gasteiger partial charge in [-0.1, -0.05) is 6.92 Å². The summed E-state index contributed by atoms with van der Waals surface area (Å²) in [5.41, 5.74) is -0.360. The lowest BCUT2D eigenvalue weighted by molar-refractivity contribution is 0.311. The lowest BCUT2D eigenvalue weighted by Crippen LogP contribution is -2.02. The van der Waals surface area contributed by atoms with E-state index in [0.717, 1.165) is 6.42 Å². The van der Waals surface area contributed by atoms with Gasteiger partial charge < -0.3 is 9.15 Å². The second-order valence-electron chi connectivity index (χ2n) is 2.57. The summed E-state index contributed by atoms with van der Waals surface area (Å²) >= 11 is 0. The monoisotopic (exact) mass is 168 g/mol. The zero-order valence-corrected chi connectivity index (χ0v) is 7.29. The maximum absolute atomic E-state index is 10.8. The first-order valence-electron chi connectivity index (χ1n) is 3.97. The van der Waals surface area contributed by atoms with E-state index in [2.05, 4.69) is 0 Å². The molecule has 0 fully saturated rings. The molecular formula is C9H12O3. The van der Waals surface area contributed by atoms with Gasteiger partial charge in [-0.25, -0.2) is 4.79 Å². The summed E-state index contributed by atoms with van der Waals surface area (Å²) in [5.74, 6) is 1.17. The first-order chi connectivity index (χ1) is 5.72. The summed E-state index contributed by atoms with van der Waals surface area (Å²) in [4.78, 5) is 10.8. The fourth-order valence-electron chi connectivity index (χ4n) is 0.879. The van der Waals surface area contributed by atoms with Crippen molar-refractivity contribution >= 4 is 0 Å². The molecule has 1 aromatic heterocycles. The standard InChI is InChI=1S/C9H12O3/c1-3-4-11-8-5-7(2)12-9(10)6-8/h5-6H,3-4H2,1-2H3. The fraction of sp³-hybridized carbons (Fsp3) is 0.444. The number of hydrogen-bond donors (Lipinski definition) is 0. The first kappa shape index (κ1) is 8.84. The quantitative estimate of drug-likeness (QED) is 0.690. The van der Waals surface area contributed by atoms with Crippen molar-refractivity contribution in [3.63, 3.8) is 0 Å². The molecule has 12 heavy (non-hydrogen) atoms. The molecule has 0 N–H and O–H groups in total. The molecule has 66 valence electrons. The summed E-state index contributed by atoms with van der Waals surface area (Å²) in [7, 11) is 0. The molecule has 0 spiro atoms. The van der Waals surface area contributed by atoms with Crippen LogP contribution in [0.15, 0.2) is 21.3 Å². The van der Waals surface area contributed by atoms with Crippen molar-refractivity contribution in [2.45, 2.75) is 20.3 Å². The fourth-order valence-corrected chi connectivity index (χ4v) is 0.879. The van der Waals surface area contributed by atoms with Gasteiger partial charge >= 0.3 is 5.63 Å². The van der Waals surface area contributed by atoms with Gasteiger partial charge in [0.15, 0.2) is 0 Å². The average Bonchev–Trinajstić information content (AvgIpc) is 1.99. The molecule has 0 atom stereocenters. The third-order valence-electron chi connectivity index (χ3n) is 1.34. The van der Waals surface area contributed by atoms with Crippen molar-refractivity contribution in [2.24, 2.45) is 0 Å². The molecule has 0 radical (unpaired) electrons. The van der Waals surface area contributed by atoms with Gasteiger partial charge in [0.1, 0.15) is 11.5 Å². The van der Waals surface area contributed by atoms with Crippen LogP contribution in [0.25, 0.3) is 0 Å². The van der Waals surface area contributed by atoms with Crippen molar-refractivity contribution in [2.75, 3.05) is 6.61 Å². The van der Waals surface area contributed by atoms with Crippen molar-refractivity contribution in [3.05, 3.63) is 28.3 Å². The minimum absolute atomic E-state index is 0.360. The maximum atomic E-state index is 10.8. The number of ether oxygens (including phenoxy) is 1. The van der Waals surface area contributed by atoms with E-state index >= 15 is 0 Å². The molecule has 1 aromatic rings. The van der Waals surface area contributed by atoms with Crippen LogP contribution in [0.2, 0.25) is 0 Å². The van der Waals surface area contributed by atoms with Crippen LogP contribution in [0.1, 0.15) is 19.1 Å². The molecule has 0 aliphatic carbocycles. The van der Waals surface area contributed by atoms with E-state index in [1.54, 1.807) is 13.0 Å². The smallest absolute Gasteiger partial charge is 0.339 e. The van der Waals surface area contributed by atoms with Crippen LogP contribution in [0, 0.1) is 6.92 Å². The molecule has 0 amide bonds. The lowest BCUT2D eigenvalue weighted by atomic mass is 10.4. The minimum Gasteiger partial charge on any atom is -0.493 e. The SMILES string of the molecule is CCCOc1cc(C)oc(=O)c1. The zero-order valence-electron chi connectivity index (χ0n) is 7.29. The third kappa shape index (κ3) is 2.42. The Balaban J connectivity index is 2.79. The van der Waals surface area contributed by atoms with Crippen LogP contribution >= 0.6 is 0 Å². The van der Waals surface area contributed by atoms with Crippen molar-refractivity contribution < 1.29 is 9.15 Å². The van der Waals surface area contributed by atoms with Gasteiger partial charge in [0, 0.05) is 6.07 Å². The highest BCUT2D eigenvalue weighted by Crippen LogP contribution is 2.09. The Morgan fingerprint density at radius 3 is 2.83 bits per heavy atom. The largest absolute Gasteiger partial charge is 0.493 e. The zero-order chi connectivity index (χ0) is 8.97.